The van der Waals surface area contributed by atoms with Crippen molar-refractivity contribution in [2.45, 2.75) is 5.75 Å². The number of rotatable bonds is 6. The Kier molecular flexibility index (Phi) is 6.43. The number of halogens is 2. The van der Waals surface area contributed by atoms with Gasteiger partial charge >= 0.3 is 0 Å². The van der Waals surface area contributed by atoms with Crippen LogP contribution in [-0.4, -0.2) is 21.6 Å². The van der Waals surface area contributed by atoms with E-state index in [1.807, 2.05) is 35.7 Å². The molecule has 0 aliphatic rings. The molecular formula is C21H15Cl2N3O2S2. The minimum atomic E-state index is -0.177. The molecule has 0 spiro atoms. The van der Waals surface area contributed by atoms with Crippen molar-refractivity contribution >= 4 is 68.1 Å². The van der Waals surface area contributed by atoms with Gasteiger partial charge in [-0.2, -0.15) is 0 Å². The lowest BCUT2D eigenvalue weighted by Gasteiger charge is -2.06. The summed E-state index contributed by atoms with van der Waals surface area (Å²) in [6.07, 6.45) is 0. The van der Waals surface area contributed by atoms with Gasteiger partial charge < -0.3 is 10.3 Å². The van der Waals surface area contributed by atoms with Gasteiger partial charge in [0.2, 0.25) is 5.91 Å². The first-order chi connectivity index (χ1) is 14.5. The van der Waals surface area contributed by atoms with Crippen LogP contribution in [0.1, 0.15) is 5.82 Å². The Bertz CT molecular complexity index is 1270. The predicted molar refractivity (Wildman–Crippen MR) is 127 cm³/mol. The van der Waals surface area contributed by atoms with E-state index in [0.717, 1.165) is 11.1 Å². The molecule has 152 valence electrons. The van der Waals surface area contributed by atoms with Crippen LogP contribution in [0.3, 0.4) is 0 Å². The minimum Gasteiger partial charge on any atom is -0.325 e. The molecule has 4 aromatic rings. The van der Waals surface area contributed by atoms with Crippen molar-refractivity contribution in [1.82, 2.24) is 9.97 Å². The van der Waals surface area contributed by atoms with E-state index >= 15 is 0 Å². The van der Waals surface area contributed by atoms with E-state index in [-0.39, 0.29) is 17.2 Å². The first-order valence-electron chi connectivity index (χ1n) is 8.90. The van der Waals surface area contributed by atoms with Crippen molar-refractivity contribution in [2.24, 2.45) is 0 Å². The van der Waals surface area contributed by atoms with Crippen LogP contribution in [0.15, 0.2) is 58.7 Å². The van der Waals surface area contributed by atoms with Crippen molar-refractivity contribution in [3.05, 3.63) is 80.1 Å². The van der Waals surface area contributed by atoms with Crippen molar-refractivity contribution in [3.8, 4) is 11.1 Å². The Labute approximate surface area is 190 Å². The van der Waals surface area contributed by atoms with E-state index in [0.29, 0.717) is 37.5 Å². The fourth-order valence-electron chi connectivity index (χ4n) is 2.90. The Balaban J connectivity index is 1.41. The molecular weight excluding hydrogens is 461 g/mol. The zero-order valence-electron chi connectivity index (χ0n) is 15.4. The lowest BCUT2D eigenvalue weighted by atomic mass is 10.1. The van der Waals surface area contributed by atoms with Crippen LogP contribution < -0.4 is 10.9 Å². The largest absolute Gasteiger partial charge is 0.325 e. The van der Waals surface area contributed by atoms with Gasteiger partial charge in [0.05, 0.1) is 26.9 Å². The molecule has 0 saturated carbocycles. The van der Waals surface area contributed by atoms with Gasteiger partial charge in [-0.3, -0.25) is 9.59 Å². The first kappa shape index (κ1) is 20.9. The third-order valence-electron chi connectivity index (χ3n) is 4.25. The zero-order valence-corrected chi connectivity index (χ0v) is 18.6. The molecule has 2 heterocycles. The molecule has 2 aromatic carbocycles. The van der Waals surface area contributed by atoms with Gasteiger partial charge in [-0.1, -0.05) is 53.5 Å². The molecule has 5 nitrogen and oxygen atoms in total. The van der Waals surface area contributed by atoms with Crippen LogP contribution in [0.25, 0.3) is 21.3 Å². The highest BCUT2D eigenvalue weighted by Gasteiger charge is 2.13. The number of carbonyl (C=O) groups excluding carboxylic acids is 1. The van der Waals surface area contributed by atoms with Gasteiger partial charge in [0.15, 0.2) is 0 Å². The number of thioether (sulfide) groups is 1. The summed E-state index contributed by atoms with van der Waals surface area (Å²) < 4.78 is 0. The van der Waals surface area contributed by atoms with Gasteiger partial charge in [0.1, 0.15) is 10.7 Å². The second kappa shape index (κ2) is 9.22. The number of anilines is 1. The Morgan fingerprint density at radius 3 is 2.70 bits per heavy atom. The molecule has 0 unspecified atom stereocenters. The van der Waals surface area contributed by atoms with Crippen LogP contribution in [0, 0.1) is 0 Å². The van der Waals surface area contributed by atoms with E-state index in [1.165, 1.54) is 23.1 Å². The third kappa shape index (κ3) is 4.70. The maximum absolute atomic E-state index is 12.7. The average molecular weight is 476 g/mol. The lowest BCUT2D eigenvalue weighted by molar-refractivity contribution is -0.113. The Morgan fingerprint density at radius 2 is 1.93 bits per heavy atom. The Morgan fingerprint density at radius 1 is 1.13 bits per heavy atom. The molecule has 4 rings (SSSR count). The fraction of sp³-hybridized carbons (Fsp3) is 0.0952. The van der Waals surface area contributed by atoms with Crippen molar-refractivity contribution < 1.29 is 4.79 Å². The predicted octanol–water partition coefficient (Wildman–Crippen LogP) is 5.83. The summed E-state index contributed by atoms with van der Waals surface area (Å²) in [6.45, 7) is 0. The molecule has 0 bridgehead atoms. The number of thiophene rings is 1. The molecule has 0 atom stereocenters. The van der Waals surface area contributed by atoms with Gasteiger partial charge in [-0.05, 0) is 23.8 Å². The standard InChI is InChI=1S/C21H15Cl2N3O2S2/c22-15-7-6-13(8-16(15)23)24-18(27)11-29-10-17-25-20(28)19-14(9-30-21(19)26-17)12-4-2-1-3-5-12/h1-9H,10-11H2,(H,24,27)(H,25,26,28). The number of amides is 1. The number of hydrogen-bond acceptors (Lipinski definition) is 5. The SMILES string of the molecule is O=C(CSCc1nc2scc(-c3ccccc3)c2c(=O)[nH]1)Nc1ccc(Cl)c(Cl)c1. The van der Waals surface area contributed by atoms with Crippen LogP contribution in [0.5, 0.6) is 0 Å². The van der Waals surface area contributed by atoms with Crippen molar-refractivity contribution in [3.63, 3.8) is 0 Å². The second-order valence-electron chi connectivity index (χ2n) is 6.38. The second-order valence-corrected chi connectivity index (χ2v) is 9.04. The minimum absolute atomic E-state index is 0.170. The molecule has 30 heavy (non-hydrogen) atoms. The lowest BCUT2D eigenvalue weighted by Crippen LogP contribution is -2.15. The number of benzene rings is 2. The highest BCUT2D eigenvalue weighted by Crippen LogP contribution is 2.30. The molecule has 0 aliphatic heterocycles. The molecule has 0 fully saturated rings. The Hall–Kier alpha value is -2.32. The first-order valence-corrected chi connectivity index (χ1v) is 11.7. The van der Waals surface area contributed by atoms with Crippen LogP contribution in [0.4, 0.5) is 5.69 Å². The smallest absolute Gasteiger partial charge is 0.260 e. The molecule has 0 radical (unpaired) electrons. The van der Waals surface area contributed by atoms with E-state index in [9.17, 15) is 9.59 Å². The molecule has 0 aliphatic carbocycles. The third-order valence-corrected chi connectivity index (χ3v) is 6.81. The number of hydrogen-bond donors (Lipinski definition) is 2. The van der Waals surface area contributed by atoms with E-state index in [1.54, 1.807) is 18.2 Å². The van der Waals surface area contributed by atoms with Gasteiger partial charge in [-0.15, -0.1) is 23.1 Å². The maximum atomic E-state index is 12.7. The number of carbonyl (C=O) groups is 1. The quantitative estimate of drug-likeness (QED) is 0.367. The molecule has 2 N–H and O–H groups in total. The van der Waals surface area contributed by atoms with E-state index < -0.39 is 0 Å². The van der Waals surface area contributed by atoms with Gasteiger partial charge in [-0.25, -0.2) is 4.98 Å². The summed E-state index contributed by atoms with van der Waals surface area (Å²) >= 11 is 14.6. The number of aromatic amines is 1. The molecule has 9 heteroatoms. The number of fused-ring (bicyclic) bond motifs is 1. The number of nitrogens with one attached hydrogen (secondary N) is 2. The van der Waals surface area contributed by atoms with Crippen LogP contribution in [0.2, 0.25) is 10.0 Å². The molecule has 2 aromatic heterocycles. The van der Waals surface area contributed by atoms with Crippen molar-refractivity contribution in [2.75, 3.05) is 11.1 Å². The topological polar surface area (TPSA) is 74.8 Å². The number of nitrogens with zero attached hydrogens (tertiary/aromatic N) is 1. The normalized spacial score (nSPS) is 11.0. The summed E-state index contributed by atoms with van der Waals surface area (Å²) in [4.78, 5) is 32.9. The van der Waals surface area contributed by atoms with Crippen molar-refractivity contribution in [1.29, 1.82) is 0 Å². The zero-order chi connectivity index (χ0) is 21.1. The summed E-state index contributed by atoms with van der Waals surface area (Å²) in [6, 6.07) is 14.7. The summed E-state index contributed by atoms with van der Waals surface area (Å²) in [5.74, 6) is 0.992. The fourth-order valence-corrected chi connectivity index (χ4v) is 4.86. The monoisotopic (exact) mass is 475 g/mol. The summed E-state index contributed by atoms with van der Waals surface area (Å²) in [5.41, 5.74) is 2.27. The van der Waals surface area contributed by atoms with Crippen LogP contribution in [-0.2, 0) is 10.5 Å². The maximum Gasteiger partial charge on any atom is 0.260 e. The highest BCUT2D eigenvalue weighted by atomic mass is 35.5. The highest BCUT2D eigenvalue weighted by molar-refractivity contribution is 7.99. The molecule has 0 saturated heterocycles. The van der Waals surface area contributed by atoms with E-state index in [4.69, 9.17) is 23.2 Å². The summed E-state index contributed by atoms with van der Waals surface area (Å²) in [5, 5.41) is 6.12. The van der Waals surface area contributed by atoms with Gasteiger partial charge in [0, 0.05) is 16.6 Å². The van der Waals surface area contributed by atoms with Gasteiger partial charge in [0.25, 0.3) is 5.56 Å². The summed E-state index contributed by atoms with van der Waals surface area (Å²) in [7, 11) is 0. The van der Waals surface area contributed by atoms with E-state index in [2.05, 4.69) is 15.3 Å². The number of H-pyrrole nitrogens is 1. The number of aromatic nitrogens is 2. The average Bonchev–Trinajstić information content (AvgIpc) is 3.16. The van der Waals surface area contributed by atoms with Crippen LogP contribution >= 0.6 is 46.3 Å². The molecule has 1 amide bonds.